The van der Waals surface area contributed by atoms with Crippen molar-refractivity contribution in [2.45, 2.75) is 27.7 Å². The number of aliphatic imine (C=N–C) groups is 1. The van der Waals surface area contributed by atoms with E-state index in [1.165, 1.54) is 0 Å². The number of amidine groups is 1. The minimum atomic E-state index is 0.253. The summed E-state index contributed by atoms with van der Waals surface area (Å²) in [4.78, 5) is 4.02. The molecule has 0 saturated heterocycles. The summed E-state index contributed by atoms with van der Waals surface area (Å²) in [6.07, 6.45) is 0. The molecular weight excluding hydrogens is 160 g/mol. The standard InChI is InChI=1S/C8H15ClN2/c1-5(2)7(9)11-8(10)6(3)4/h6H,1-4H3,(H2,10,11). The molecule has 0 aliphatic heterocycles. The number of halogens is 1. The fourth-order valence-electron chi connectivity index (χ4n) is 0.354. The summed E-state index contributed by atoms with van der Waals surface area (Å²) in [6, 6.07) is 0. The molecule has 0 heterocycles. The number of nitrogens with zero attached hydrogens (tertiary/aromatic N) is 1. The second kappa shape index (κ2) is 4.39. The second-order valence-electron chi connectivity index (χ2n) is 2.98. The summed E-state index contributed by atoms with van der Waals surface area (Å²) in [5, 5.41) is 0.496. The van der Waals surface area contributed by atoms with Crippen molar-refractivity contribution in [3.05, 3.63) is 10.7 Å². The molecule has 0 unspecified atom stereocenters. The molecule has 0 bridgehead atoms. The molecule has 2 N–H and O–H groups in total. The van der Waals surface area contributed by atoms with E-state index in [0.717, 1.165) is 5.57 Å². The first-order chi connectivity index (χ1) is 4.95. The molecule has 0 radical (unpaired) electrons. The molecule has 0 saturated carbocycles. The number of nitrogens with two attached hydrogens (primary N) is 1. The molecule has 0 aliphatic rings. The van der Waals surface area contributed by atoms with Gasteiger partial charge in [-0.15, -0.1) is 0 Å². The maximum absolute atomic E-state index is 5.77. The van der Waals surface area contributed by atoms with Crippen LogP contribution in [0.15, 0.2) is 15.7 Å². The normalized spacial score (nSPS) is 12.0. The summed E-state index contributed by atoms with van der Waals surface area (Å²) in [7, 11) is 0. The minimum Gasteiger partial charge on any atom is -0.387 e. The fraction of sp³-hybridized carbons (Fsp3) is 0.625. The average Bonchev–Trinajstić information content (AvgIpc) is 1.87. The van der Waals surface area contributed by atoms with E-state index in [2.05, 4.69) is 4.99 Å². The number of allylic oxidation sites excluding steroid dienone is 1. The zero-order valence-corrected chi connectivity index (χ0v) is 8.24. The fourth-order valence-corrected chi connectivity index (χ4v) is 0.452. The van der Waals surface area contributed by atoms with Gasteiger partial charge in [0.1, 0.15) is 11.0 Å². The molecule has 11 heavy (non-hydrogen) atoms. The van der Waals surface area contributed by atoms with Gasteiger partial charge in [0.15, 0.2) is 0 Å². The van der Waals surface area contributed by atoms with Crippen LogP contribution in [0.1, 0.15) is 27.7 Å². The monoisotopic (exact) mass is 174 g/mol. The van der Waals surface area contributed by atoms with Gasteiger partial charge >= 0.3 is 0 Å². The van der Waals surface area contributed by atoms with Gasteiger partial charge in [0.25, 0.3) is 0 Å². The maximum Gasteiger partial charge on any atom is 0.129 e. The zero-order chi connectivity index (χ0) is 9.02. The highest BCUT2D eigenvalue weighted by atomic mass is 35.5. The van der Waals surface area contributed by atoms with Gasteiger partial charge in [-0.3, -0.25) is 0 Å². The van der Waals surface area contributed by atoms with E-state index >= 15 is 0 Å². The van der Waals surface area contributed by atoms with Crippen molar-refractivity contribution in [1.82, 2.24) is 0 Å². The molecule has 64 valence electrons. The molecule has 0 aromatic carbocycles. The highest BCUT2D eigenvalue weighted by Crippen LogP contribution is 2.10. The van der Waals surface area contributed by atoms with Crippen LogP contribution in [0.25, 0.3) is 0 Å². The van der Waals surface area contributed by atoms with E-state index in [4.69, 9.17) is 17.3 Å². The Bertz CT molecular complexity index is 188. The molecular formula is C8H15ClN2. The van der Waals surface area contributed by atoms with Crippen LogP contribution in [0.2, 0.25) is 0 Å². The van der Waals surface area contributed by atoms with Gasteiger partial charge in [-0.1, -0.05) is 25.4 Å². The Hall–Kier alpha value is -0.500. The lowest BCUT2D eigenvalue weighted by Crippen LogP contribution is -2.18. The van der Waals surface area contributed by atoms with Gasteiger partial charge in [-0.05, 0) is 19.4 Å². The van der Waals surface area contributed by atoms with Crippen LogP contribution < -0.4 is 5.73 Å². The van der Waals surface area contributed by atoms with Crippen LogP contribution in [0.3, 0.4) is 0 Å². The van der Waals surface area contributed by atoms with E-state index in [1.54, 1.807) is 0 Å². The zero-order valence-electron chi connectivity index (χ0n) is 7.48. The Labute approximate surface area is 73.1 Å². The Morgan fingerprint density at radius 3 is 2.09 bits per heavy atom. The predicted molar refractivity (Wildman–Crippen MR) is 50.7 cm³/mol. The maximum atomic E-state index is 5.77. The third-order valence-electron chi connectivity index (χ3n) is 1.23. The van der Waals surface area contributed by atoms with Crippen LogP contribution in [0, 0.1) is 5.92 Å². The quantitative estimate of drug-likeness (QED) is 0.390. The first-order valence-corrected chi connectivity index (χ1v) is 4.00. The third kappa shape index (κ3) is 4.04. The Morgan fingerprint density at radius 2 is 1.82 bits per heavy atom. The number of hydrogen-bond donors (Lipinski definition) is 1. The van der Waals surface area contributed by atoms with Crippen molar-refractivity contribution in [1.29, 1.82) is 0 Å². The Kier molecular flexibility index (Phi) is 4.19. The van der Waals surface area contributed by atoms with Crippen LogP contribution in [-0.2, 0) is 0 Å². The van der Waals surface area contributed by atoms with Crippen molar-refractivity contribution in [3.63, 3.8) is 0 Å². The molecule has 2 nitrogen and oxygen atoms in total. The highest BCUT2D eigenvalue weighted by Gasteiger charge is 1.99. The minimum absolute atomic E-state index is 0.253. The summed E-state index contributed by atoms with van der Waals surface area (Å²) >= 11 is 5.77. The molecule has 0 fully saturated rings. The van der Waals surface area contributed by atoms with E-state index in [9.17, 15) is 0 Å². The topological polar surface area (TPSA) is 38.4 Å². The lowest BCUT2D eigenvalue weighted by molar-refractivity contribution is 0.871. The first kappa shape index (κ1) is 10.5. The predicted octanol–water partition coefficient (Wildman–Crippen LogP) is 2.49. The Balaban J connectivity index is 4.44. The summed E-state index contributed by atoms with van der Waals surface area (Å²) < 4.78 is 0. The van der Waals surface area contributed by atoms with Gasteiger partial charge in [0, 0.05) is 5.92 Å². The third-order valence-corrected chi connectivity index (χ3v) is 1.69. The van der Waals surface area contributed by atoms with Crippen LogP contribution >= 0.6 is 11.6 Å². The molecule has 0 aromatic rings. The van der Waals surface area contributed by atoms with E-state index in [0.29, 0.717) is 11.0 Å². The van der Waals surface area contributed by atoms with Gasteiger partial charge < -0.3 is 5.73 Å². The molecule has 0 rings (SSSR count). The van der Waals surface area contributed by atoms with Gasteiger partial charge in [0.2, 0.25) is 0 Å². The SMILES string of the molecule is CC(C)=C(Cl)/N=C(\N)C(C)C. The number of rotatable bonds is 2. The van der Waals surface area contributed by atoms with Crippen LogP contribution in [0.4, 0.5) is 0 Å². The molecule has 0 atom stereocenters. The van der Waals surface area contributed by atoms with Crippen molar-refractivity contribution in [3.8, 4) is 0 Å². The van der Waals surface area contributed by atoms with Crippen molar-refractivity contribution in [2.75, 3.05) is 0 Å². The van der Waals surface area contributed by atoms with Crippen molar-refractivity contribution in [2.24, 2.45) is 16.6 Å². The van der Waals surface area contributed by atoms with E-state index < -0.39 is 0 Å². The van der Waals surface area contributed by atoms with E-state index in [1.807, 2.05) is 27.7 Å². The summed E-state index contributed by atoms with van der Waals surface area (Å²) in [5.41, 5.74) is 6.57. The Morgan fingerprint density at radius 1 is 1.36 bits per heavy atom. The second-order valence-corrected chi connectivity index (χ2v) is 3.34. The highest BCUT2D eigenvalue weighted by molar-refractivity contribution is 6.30. The lowest BCUT2D eigenvalue weighted by atomic mass is 10.2. The van der Waals surface area contributed by atoms with Crippen LogP contribution in [0.5, 0.6) is 0 Å². The molecule has 0 amide bonds. The number of hydrogen-bond acceptors (Lipinski definition) is 1. The lowest BCUT2D eigenvalue weighted by Gasteiger charge is -2.03. The molecule has 0 aliphatic carbocycles. The van der Waals surface area contributed by atoms with Gasteiger partial charge in [0.05, 0.1) is 0 Å². The van der Waals surface area contributed by atoms with Crippen LogP contribution in [-0.4, -0.2) is 5.84 Å². The van der Waals surface area contributed by atoms with Gasteiger partial charge in [-0.2, -0.15) is 0 Å². The molecule has 0 spiro atoms. The van der Waals surface area contributed by atoms with E-state index in [-0.39, 0.29) is 5.92 Å². The van der Waals surface area contributed by atoms with Crippen molar-refractivity contribution < 1.29 is 0 Å². The molecule has 0 aromatic heterocycles. The largest absolute Gasteiger partial charge is 0.387 e. The molecule has 3 heteroatoms. The average molecular weight is 175 g/mol. The first-order valence-electron chi connectivity index (χ1n) is 3.62. The van der Waals surface area contributed by atoms with Crippen molar-refractivity contribution >= 4 is 17.4 Å². The van der Waals surface area contributed by atoms with Gasteiger partial charge in [-0.25, -0.2) is 4.99 Å². The summed E-state index contributed by atoms with van der Waals surface area (Å²) in [5.74, 6) is 0.833. The summed E-state index contributed by atoms with van der Waals surface area (Å²) in [6.45, 7) is 7.76. The smallest absolute Gasteiger partial charge is 0.129 e.